The molecule has 1 amide bonds. The van der Waals surface area contributed by atoms with Crippen molar-refractivity contribution in [3.8, 4) is 11.5 Å². The van der Waals surface area contributed by atoms with Crippen LogP contribution >= 0.6 is 0 Å². The van der Waals surface area contributed by atoms with Crippen LogP contribution in [0.25, 0.3) is 22.5 Å². The van der Waals surface area contributed by atoms with Crippen LogP contribution < -0.4 is 10.6 Å². The van der Waals surface area contributed by atoms with Gasteiger partial charge in [0.1, 0.15) is 5.69 Å². The van der Waals surface area contributed by atoms with E-state index in [9.17, 15) is 4.79 Å². The summed E-state index contributed by atoms with van der Waals surface area (Å²) in [5.41, 5.74) is 1.91. The fourth-order valence-electron chi connectivity index (χ4n) is 3.37. The first-order chi connectivity index (χ1) is 12.6. The number of aromatic nitrogens is 3. The first kappa shape index (κ1) is 16.8. The third kappa shape index (κ3) is 3.10. The van der Waals surface area contributed by atoms with Crippen molar-refractivity contribution in [2.24, 2.45) is 0 Å². The Morgan fingerprint density at radius 3 is 3.04 bits per heavy atom. The molecule has 1 aliphatic rings. The van der Waals surface area contributed by atoms with E-state index < -0.39 is 0 Å². The summed E-state index contributed by atoms with van der Waals surface area (Å²) in [6.07, 6.45) is 5.39. The van der Waals surface area contributed by atoms with Crippen molar-refractivity contribution in [2.75, 3.05) is 13.1 Å². The molecule has 1 unspecified atom stereocenters. The normalized spacial score (nSPS) is 17.7. The highest BCUT2D eigenvalue weighted by atomic mass is 16.3. The molecule has 2 N–H and O–H groups in total. The Hall–Kier alpha value is -2.67. The summed E-state index contributed by atoms with van der Waals surface area (Å²) in [5, 5.41) is 11.7. The van der Waals surface area contributed by atoms with Crippen molar-refractivity contribution in [1.29, 1.82) is 0 Å². The van der Waals surface area contributed by atoms with Gasteiger partial charge in [0.15, 0.2) is 11.4 Å². The van der Waals surface area contributed by atoms with Crippen molar-refractivity contribution >= 4 is 16.9 Å². The number of fused-ring (bicyclic) bond motifs is 1. The largest absolute Gasteiger partial charge is 0.463 e. The second kappa shape index (κ2) is 6.92. The molecule has 3 aromatic heterocycles. The maximum Gasteiger partial charge on any atom is 0.252 e. The van der Waals surface area contributed by atoms with Crippen LogP contribution in [-0.2, 0) is 0 Å². The Bertz CT molecular complexity index is 908. The van der Waals surface area contributed by atoms with Gasteiger partial charge in [0.05, 0.1) is 23.4 Å². The van der Waals surface area contributed by atoms with Gasteiger partial charge < -0.3 is 15.1 Å². The zero-order valence-corrected chi connectivity index (χ0v) is 15.0. The number of nitrogens with one attached hydrogen (secondary N) is 2. The summed E-state index contributed by atoms with van der Waals surface area (Å²) in [6.45, 7) is 5.90. The number of carbonyl (C=O) groups excluding carboxylic acids is 1. The predicted octanol–water partition coefficient (Wildman–Crippen LogP) is 2.75. The minimum Gasteiger partial charge on any atom is -0.463 e. The van der Waals surface area contributed by atoms with E-state index in [1.165, 1.54) is 0 Å². The molecule has 0 aromatic carbocycles. The lowest BCUT2D eigenvalue weighted by molar-refractivity contribution is 0.0932. The number of piperidine rings is 1. The second-order valence-electron chi connectivity index (χ2n) is 6.97. The first-order valence-electron chi connectivity index (χ1n) is 9.07. The van der Waals surface area contributed by atoms with Crippen LogP contribution in [0.5, 0.6) is 0 Å². The summed E-state index contributed by atoms with van der Waals surface area (Å²) >= 11 is 0. The molecule has 1 saturated heterocycles. The standard InChI is InChI=1S/C19H23N5O2/c1-12(2)24-18-15(11-21-24)14(9-16(23-18)17-6-4-8-26-17)19(25)22-13-5-3-7-20-10-13/h4,6,8-9,11-13,20H,3,5,7,10H2,1-2H3,(H,22,25). The van der Waals surface area contributed by atoms with Gasteiger partial charge >= 0.3 is 0 Å². The fraction of sp³-hybridized carbons (Fsp3) is 0.421. The van der Waals surface area contributed by atoms with Crippen LogP contribution in [0.4, 0.5) is 0 Å². The molecule has 4 rings (SSSR count). The fourth-order valence-corrected chi connectivity index (χ4v) is 3.37. The maximum absolute atomic E-state index is 13.0. The minimum absolute atomic E-state index is 0.0952. The molecule has 7 nitrogen and oxygen atoms in total. The zero-order chi connectivity index (χ0) is 18.1. The number of rotatable bonds is 4. The monoisotopic (exact) mass is 353 g/mol. The van der Waals surface area contributed by atoms with Gasteiger partial charge in [0.25, 0.3) is 5.91 Å². The molecule has 0 bridgehead atoms. The molecule has 0 radical (unpaired) electrons. The van der Waals surface area contributed by atoms with Gasteiger partial charge in [-0.3, -0.25) is 4.79 Å². The molecular formula is C19H23N5O2. The third-order valence-electron chi connectivity index (χ3n) is 4.71. The van der Waals surface area contributed by atoms with Crippen LogP contribution in [0.1, 0.15) is 43.1 Å². The summed E-state index contributed by atoms with van der Waals surface area (Å²) < 4.78 is 7.33. The quantitative estimate of drug-likeness (QED) is 0.753. The van der Waals surface area contributed by atoms with Gasteiger partial charge in [-0.1, -0.05) is 0 Å². The smallest absolute Gasteiger partial charge is 0.252 e. The molecule has 3 aromatic rings. The Morgan fingerprint density at radius 2 is 2.35 bits per heavy atom. The Morgan fingerprint density at radius 1 is 1.46 bits per heavy atom. The van der Waals surface area contributed by atoms with E-state index in [4.69, 9.17) is 9.40 Å². The maximum atomic E-state index is 13.0. The highest BCUT2D eigenvalue weighted by Gasteiger charge is 2.22. The number of hydrogen-bond acceptors (Lipinski definition) is 5. The molecule has 0 aliphatic carbocycles. The molecule has 1 aliphatic heterocycles. The molecule has 26 heavy (non-hydrogen) atoms. The van der Waals surface area contributed by atoms with Crippen LogP contribution in [0.3, 0.4) is 0 Å². The Kier molecular flexibility index (Phi) is 4.46. The van der Waals surface area contributed by atoms with Gasteiger partial charge in [0, 0.05) is 18.6 Å². The molecule has 4 heterocycles. The van der Waals surface area contributed by atoms with E-state index in [2.05, 4.69) is 15.7 Å². The number of nitrogens with zero attached hydrogens (tertiary/aromatic N) is 3. The highest BCUT2D eigenvalue weighted by Crippen LogP contribution is 2.26. The van der Waals surface area contributed by atoms with Crippen LogP contribution in [0, 0.1) is 0 Å². The number of carbonyl (C=O) groups is 1. The van der Waals surface area contributed by atoms with Gasteiger partial charge in [-0.05, 0) is 51.4 Å². The van der Waals surface area contributed by atoms with Crippen molar-refractivity contribution in [2.45, 2.75) is 38.8 Å². The van der Waals surface area contributed by atoms with E-state index in [0.29, 0.717) is 22.7 Å². The first-order valence-corrected chi connectivity index (χ1v) is 9.07. The molecule has 7 heteroatoms. The molecule has 0 spiro atoms. The van der Waals surface area contributed by atoms with Crippen LogP contribution in [-0.4, -0.2) is 39.8 Å². The minimum atomic E-state index is -0.0952. The number of amides is 1. The molecular weight excluding hydrogens is 330 g/mol. The summed E-state index contributed by atoms with van der Waals surface area (Å²) in [7, 11) is 0. The molecule has 136 valence electrons. The Balaban J connectivity index is 1.77. The van der Waals surface area contributed by atoms with Crippen molar-refractivity contribution in [3.05, 3.63) is 36.2 Å². The van der Waals surface area contributed by atoms with Gasteiger partial charge in [0.2, 0.25) is 0 Å². The molecule has 1 fully saturated rings. The topological polar surface area (TPSA) is 85.0 Å². The van der Waals surface area contributed by atoms with E-state index in [1.54, 1.807) is 18.5 Å². The second-order valence-corrected chi connectivity index (χ2v) is 6.97. The summed E-state index contributed by atoms with van der Waals surface area (Å²) in [6, 6.07) is 5.74. The van der Waals surface area contributed by atoms with Gasteiger partial charge in [-0.25, -0.2) is 9.67 Å². The predicted molar refractivity (Wildman–Crippen MR) is 99.0 cm³/mol. The molecule has 1 atom stereocenters. The van der Waals surface area contributed by atoms with Crippen LogP contribution in [0.2, 0.25) is 0 Å². The lowest BCUT2D eigenvalue weighted by atomic mass is 10.1. The lowest BCUT2D eigenvalue weighted by Gasteiger charge is -2.24. The average Bonchev–Trinajstić information content (AvgIpc) is 3.31. The number of hydrogen-bond donors (Lipinski definition) is 2. The lowest BCUT2D eigenvalue weighted by Crippen LogP contribution is -2.45. The molecule has 0 saturated carbocycles. The van der Waals surface area contributed by atoms with Gasteiger partial charge in [-0.2, -0.15) is 5.10 Å². The Labute approximate surface area is 151 Å². The number of pyridine rings is 1. The zero-order valence-electron chi connectivity index (χ0n) is 15.0. The summed E-state index contributed by atoms with van der Waals surface area (Å²) in [4.78, 5) is 17.7. The van der Waals surface area contributed by atoms with E-state index in [0.717, 1.165) is 31.3 Å². The van der Waals surface area contributed by atoms with E-state index in [-0.39, 0.29) is 18.0 Å². The van der Waals surface area contributed by atoms with Crippen LogP contribution in [0.15, 0.2) is 35.1 Å². The van der Waals surface area contributed by atoms with Crippen molar-refractivity contribution in [3.63, 3.8) is 0 Å². The summed E-state index contributed by atoms with van der Waals surface area (Å²) in [5.74, 6) is 0.541. The van der Waals surface area contributed by atoms with Crippen molar-refractivity contribution in [1.82, 2.24) is 25.4 Å². The van der Waals surface area contributed by atoms with Crippen molar-refractivity contribution < 1.29 is 9.21 Å². The van der Waals surface area contributed by atoms with E-state index in [1.807, 2.05) is 30.7 Å². The van der Waals surface area contributed by atoms with E-state index >= 15 is 0 Å². The third-order valence-corrected chi connectivity index (χ3v) is 4.71. The SMILES string of the molecule is CC(C)n1ncc2c(C(=O)NC3CCCNC3)cc(-c3ccco3)nc21. The highest BCUT2D eigenvalue weighted by molar-refractivity contribution is 6.06. The van der Waals surface area contributed by atoms with Gasteiger partial charge in [-0.15, -0.1) is 0 Å². The average molecular weight is 353 g/mol. The number of furan rings is 1.